The molecule has 35 heavy (non-hydrogen) atoms. The minimum Gasteiger partial charge on any atom is -0.367 e. The third-order valence-corrected chi connectivity index (χ3v) is 7.63. The largest absolute Gasteiger partial charge is 0.367 e. The van der Waals surface area contributed by atoms with Crippen LogP contribution in [-0.4, -0.2) is 51.3 Å². The molecule has 10 nitrogen and oxygen atoms in total. The van der Waals surface area contributed by atoms with Gasteiger partial charge in [0.25, 0.3) is 0 Å². The maximum atomic E-state index is 9.75. The maximum Gasteiger partial charge on any atom is 0.232 e. The van der Waals surface area contributed by atoms with E-state index in [1.54, 1.807) is 10.6 Å². The van der Waals surface area contributed by atoms with Crippen molar-refractivity contribution in [3.05, 3.63) is 34.5 Å². The van der Waals surface area contributed by atoms with Gasteiger partial charge in [0.15, 0.2) is 5.65 Å². The number of hydrogen-bond donors (Lipinski definition) is 3. The van der Waals surface area contributed by atoms with Crippen LogP contribution in [0, 0.1) is 28.1 Å². The number of benzene rings is 1. The van der Waals surface area contributed by atoms with Crippen LogP contribution in [0.3, 0.4) is 0 Å². The molecule has 1 spiro atoms. The number of nitriles is 2. The molecule has 3 aromatic rings. The molecule has 2 saturated heterocycles. The van der Waals surface area contributed by atoms with Gasteiger partial charge in [-0.3, -0.25) is 0 Å². The van der Waals surface area contributed by atoms with Gasteiger partial charge in [0.05, 0.1) is 34.2 Å². The fraction of sp³-hybridized carbons (Fsp3) is 0.458. The number of nitrogens with one attached hydrogen (secondary N) is 3. The van der Waals surface area contributed by atoms with Gasteiger partial charge in [0.1, 0.15) is 11.6 Å². The normalized spacial score (nSPS) is 23.5. The molecule has 0 bridgehead atoms. The molecule has 11 heteroatoms. The van der Waals surface area contributed by atoms with Crippen LogP contribution in [0.2, 0.25) is 5.02 Å². The highest BCUT2D eigenvalue weighted by Gasteiger charge is 2.44. The van der Waals surface area contributed by atoms with Gasteiger partial charge in [-0.05, 0) is 51.3 Å². The molecule has 3 fully saturated rings. The van der Waals surface area contributed by atoms with Crippen molar-refractivity contribution in [1.82, 2.24) is 24.9 Å². The summed E-state index contributed by atoms with van der Waals surface area (Å²) < 4.78 is 1.54. The third kappa shape index (κ3) is 3.89. The first kappa shape index (κ1) is 21.9. The van der Waals surface area contributed by atoms with E-state index in [0.29, 0.717) is 45.5 Å². The molecule has 6 rings (SSSR count). The van der Waals surface area contributed by atoms with Gasteiger partial charge in [0, 0.05) is 30.6 Å². The lowest BCUT2D eigenvalue weighted by Gasteiger charge is -2.27. The van der Waals surface area contributed by atoms with E-state index in [1.165, 1.54) is 6.20 Å². The summed E-state index contributed by atoms with van der Waals surface area (Å²) in [6.07, 6.45) is 5.83. The van der Waals surface area contributed by atoms with Crippen molar-refractivity contribution in [3.63, 3.8) is 0 Å². The second kappa shape index (κ2) is 8.26. The minimum absolute atomic E-state index is 0.242. The summed E-state index contributed by atoms with van der Waals surface area (Å²) in [4.78, 5) is 11.5. The summed E-state index contributed by atoms with van der Waals surface area (Å²) in [6, 6.07) is 8.61. The Morgan fingerprint density at radius 3 is 2.80 bits per heavy atom. The Balaban J connectivity index is 1.39. The van der Waals surface area contributed by atoms with Gasteiger partial charge in [0.2, 0.25) is 11.9 Å². The zero-order valence-electron chi connectivity index (χ0n) is 19.3. The number of anilines is 4. The van der Waals surface area contributed by atoms with Crippen molar-refractivity contribution in [2.75, 3.05) is 35.2 Å². The predicted octanol–water partition coefficient (Wildman–Crippen LogP) is 3.42. The highest BCUT2D eigenvalue weighted by Crippen LogP contribution is 2.45. The van der Waals surface area contributed by atoms with Crippen LogP contribution in [0.5, 0.6) is 0 Å². The van der Waals surface area contributed by atoms with Gasteiger partial charge in [-0.2, -0.15) is 30.1 Å². The van der Waals surface area contributed by atoms with Gasteiger partial charge >= 0.3 is 0 Å². The molecule has 0 amide bonds. The average molecular weight is 489 g/mol. The molecule has 2 aliphatic heterocycles. The summed E-state index contributed by atoms with van der Waals surface area (Å²) in [5, 5.41) is 34.1. The van der Waals surface area contributed by atoms with E-state index < -0.39 is 0 Å². The summed E-state index contributed by atoms with van der Waals surface area (Å²) in [7, 11) is 0. The topological polar surface area (TPSA) is 130 Å². The van der Waals surface area contributed by atoms with E-state index in [0.717, 1.165) is 51.0 Å². The summed E-state index contributed by atoms with van der Waals surface area (Å²) >= 11 is 6.95. The lowest BCUT2D eigenvalue weighted by molar-refractivity contribution is 0.359. The highest BCUT2D eigenvalue weighted by molar-refractivity contribution is 6.36. The van der Waals surface area contributed by atoms with E-state index in [9.17, 15) is 10.5 Å². The van der Waals surface area contributed by atoms with Crippen LogP contribution >= 0.6 is 11.6 Å². The average Bonchev–Trinajstić information content (AvgIpc) is 3.25. The van der Waals surface area contributed by atoms with Gasteiger partial charge in [-0.15, -0.1) is 0 Å². The van der Waals surface area contributed by atoms with E-state index in [4.69, 9.17) is 11.6 Å². The van der Waals surface area contributed by atoms with Crippen molar-refractivity contribution in [2.24, 2.45) is 5.41 Å². The van der Waals surface area contributed by atoms with Crippen molar-refractivity contribution < 1.29 is 0 Å². The minimum atomic E-state index is 0.242. The first-order chi connectivity index (χ1) is 17.0. The second-order valence-electron chi connectivity index (χ2n) is 9.90. The van der Waals surface area contributed by atoms with Gasteiger partial charge < -0.3 is 20.9 Å². The SMILES string of the molecule is CC1CC2(CCNC2)CN1c1cc(C#N)cc(Nc2nc(NC3CC3)n3ncc(C#N)c3n2)c1Cl. The van der Waals surface area contributed by atoms with Crippen molar-refractivity contribution in [1.29, 1.82) is 10.5 Å². The lowest BCUT2D eigenvalue weighted by Crippen LogP contribution is -2.31. The third-order valence-electron chi connectivity index (χ3n) is 7.24. The molecule has 4 heterocycles. The van der Waals surface area contributed by atoms with Crippen LogP contribution < -0.4 is 20.9 Å². The summed E-state index contributed by atoms with van der Waals surface area (Å²) in [5.74, 6) is 0.796. The Labute approximate surface area is 207 Å². The van der Waals surface area contributed by atoms with Crippen molar-refractivity contribution in [2.45, 2.75) is 44.7 Å². The number of rotatable bonds is 5. The number of halogens is 1. The Hall–Kier alpha value is -3.60. The molecule has 1 aromatic carbocycles. The van der Waals surface area contributed by atoms with Gasteiger partial charge in [-0.25, -0.2) is 0 Å². The van der Waals surface area contributed by atoms with Crippen molar-refractivity contribution >= 4 is 40.5 Å². The first-order valence-electron chi connectivity index (χ1n) is 11.9. The monoisotopic (exact) mass is 488 g/mol. The van der Waals surface area contributed by atoms with Crippen LogP contribution in [-0.2, 0) is 0 Å². The molecular formula is C24H25ClN10. The molecular weight excluding hydrogens is 464 g/mol. The molecule has 178 valence electrons. The second-order valence-corrected chi connectivity index (χ2v) is 10.3. The Bertz CT molecular complexity index is 1390. The van der Waals surface area contributed by atoms with Crippen LogP contribution in [0.15, 0.2) is 18.3 Å². The molecule has 1 saturated carbocycles. The molecule has 3 N–H and O–H groups in total. The molecule has 2 aromatic heterocycles. The summed E-state index contributed by atoms with van der Waals surface area (Å²) in [5.41, 5.74) is 2.90. The van der Waals surface area contributed by atoms with E-state index in [2.05, 4.69) is 55.0 Å². The van der Waals surface area contributed by atoms with E-state index in [1.807, 2.05) is 6.07 Å². The number of fused-ring (bicyclic) bond motifs is 1. The maximum absolute atomic E-state index is 9.75. The Kier molecular flexibility index (Phi) is 5.17. The van der Waals surface area contributed by atoms with Crippen LogP contribution in [0.25, 0.3) is 5.65 Å². The molecule has 1 aliphatic carbocycles. The van der Waals surface area contributed by atoms with Crippen LogP contribution in [0.4, 0.5) is 23.3 Å². The van der Waals surface area contributed by atoms with Crippen LogP contribution in [0.1, 0.15) is 43.7 Å². The zero-order valence-corrected chi connectivity index (χ0v) is 20.1. The Morgan fingerprint density at radius 2 is 2.09 bits per heavy atom. The number of nitrogens with zero attached hydrogens (tertiary/aromatic N) is 7. The lowest BCUT2D eigenvalue weighted by atomic mass is 9.85. The highest BCUT2D eigenvalue weighted by atomic mass is 35.5. The van der Waals surface area contributed by atoms with Gasteiger partial charge in [-0.1, -0.05) is 11.6 Å². The summed E-state index contributed by atoms with van der Waals surface area (Å²) in [6.45, 7) is 5.15. The zero-order chi connectivity index (χ0) is 24.2. The van der Waals surface area contributed by atoms with E-state index in [-0.39, 0.29) is 11.4 Å². The van der Waals surface area contributed by atoms with E-state index >= 15 is 0 Å². The fourth-order valence-corrected chi connectivity index (χ4v) is 5.62. The quantitative estimate of drug-likeness (QED) is 0.494. The predicted molar refractivity (Wildman–Crippen MR) is 133 cm³/mol. The standard InChI is InChI=1S/C24H25ClN10/c1-14-8-24(4-5-28-12-24)13-34(14)19-7-15(9-26)6-18(20(19)25)31-22-32-21-16(10-27)11-29-35(21)23(33-22)30-17-2-3-17/h6-7,11,14,17,28H,2-5,8,12-13H2,1H3,(H2,30,31,32,33). The first-order valence-corrected chi connectivity index (χ1v) is 12.3. The number of aromatic nitrogens is 4. The molecule has 2 unspecified atom stereocenters. The van der Waals surface area contributed by atoms with Crippen molar-refractivity contribution in [3.8, 4) is 12.1 Å². The molecule has 0 radical (unpaired) electrons. The molecule has 3 aliphatic rings. The molecule has 2 atom stereocenters. The number of hydrogen-bond acceptors (Lipinski definition) is 9. The fourth-order valence-electron chi connectivity index (χ4n) is 5.36. The Morgan fingerprint density at radius 1 is 1.23 bits per heavy atom. The smallest absolute Gasteiger partial charge is 0.232 e.